The number of hydrazine groups is 1. The van der Waals surface area contributed by atoms with Gasteiger partial charge in [0.25, 0.3) is 0 Å². The molecule has 2 aromatic rings. The van der Waals surface area contributed by atoms with E-state index in [9.17, 15) is 8.78 Å². The van der Waals surface area contributed by atoms with Crippen LogP contribution in [0.25, 0.3) is 0 Å². The minimum absolute atomic E-state index is 0.182. The first kappa shape index (κ1) is 14.5. The number of benzene rings is 1. The Hall–Kier alpha value is -1.93. The van der Waals surface area contributed by atoms with E-state index in [0.717, 1.165) is 6.07 Å². The van der Waals surface area contributed by atoms with Crippen molar-refractivity contribution in [2.45, 2.75) is 11.7 Å². The first-order chi connectivity index (χ1) is 9.62. The van der Waals surface area contributed by atoms with E-state index in [-0.39, 0.29) is 6.54 Å². The van der Waals surface area contributed by atoms with Gasteiger partial charge >= 0.3 is 0 Å². The van der Waals surface area contributed by atoms with Gasteiger partial charge in [0.15, 0.2) is 5.16 Å². The molecule has 0 bridgehead atoms. The molecule has 20 heavy (non-hydrogen) atoms. The molecule has 0 saturated heterocycles. The van der Waals surface area contributed by atoms with Crippen molar-refractivity contribution in [3.8, 4) is 0 Å². The number of nitrogens with two attached hydrogens (primary N) is 1. The van der Waals surface area contributed by atoms with E-state index in [4.69, 9.17) is 5.84 Å². The number of hydrogen-bond acceptors (Lipinski definition) is 6. The maximum atomic E-state index is 13.5. The van der Waals surface area contributed by atoms with E-state index in [1.54, 1.807) is 6.07 Å². The average Bonchev–Trinajstić information content (AvgIpc) is 2.46. The molecule has 0 saturated carbocycles. The van der Waals surface area contributed by atoms with Gasteiger partial charge in [0, 0.05) is 24.2 Å². The second kappa shape index (κ2) is 6.49. The molecule has 0 atom stereocenters. The zero-order chi connectivity index (χ0) is 14.5. The van der Waals surface area contributed by atoms with Crippen molar-refractivity contribution in [1.29, 1.82) is 0 Å². The van der Waals surface area contributed by atoms with Gasteiger partial charge in [-0.3, -0.25) is 0 Å². The molecule has 8 heteroatoms. The zero-order valence-corrected chi connectivity index (χ0v) is 11.5. The Kier molecular flexibility index (Phi) is 4.70. The predicted octanol–water partition coefficient (Wildman–Crippen LogP) is 2.37. The molecule has 1 heterocycles. The smallest absolute Gasteiger partial charge is 0.191 e. The predicted molar refractivity (Wildman–Crippen MR) is 75.3 cm³/mol. The van der Waals surface area contributed by atoms with E-state index < -0.39 is 11.6 Å². The normalized spacial score (nSPS) is 10.4. The Morgan fingerprint density at radius 3 is 2.60 bits per heavy atom. The van der Waals surface area contributed by atoms with Crippen LogP contribution in [0.2, 0.25) is 0 Å². The van der Waals surface area contributed by atoms with Crippen LogP contribution in [0.5, 0.6) is 0 Å². The van der Waals surface area contributed by atoms with E-state index >= 15 is 0 Å². The molecular formula is C12H13F2N5S. The van der Waals surface area contributed by atoms with Crippen molar-refractivity contribution in [3.63, 3.8) is 0 Å². The Balaban J connectivity index is 2.13. The van der Waals surface area contributed by atoms with Crippen LogP contribution in [0.15, 0.2) is 29.4 Å². The second-order valence-corrected chi connectivity index (χ2v) is 4.63. The highest BCUT2D eigenvalue weighted by atomic mass is 32.2. The largest absolute Gasteiger partial charge is 0.366 e. The van der Waals surface area contributed by atoms with Crippen LogP contribution >= 0.6 is 11.8 Å². The number of rotatable bonds is 5. The van der Waals surface area contributed by atoms with Gasteiger partial charge in [0.2, 0.25) is 0 Å². The van der Waals surface area contributed by atoms with Gasteiger partial charge in [-0.2, -0.15) is 0 Å². The Morgan fingerprint density at radius 1 is 1.20 bits per heavy atom. The number of nitrogens with one attached hydrogen (secondary N) is 2. The average molecular weight is 297 g/mol. The van der Waals surface area contributed by atoms with Crippen LogP contribution in [0, 0.1) is 11.6 Å². The van der Waals surface area contributed by atoms with Crippen LogP contribution < -0.4 is 16.6 Å². The van der Waals surface area contributed by atoms with Gasteiger partial charge in [-0.05, 0) is 12.3 Å². The quantitative estimate of drug-likeness (QED) is 0.340. The molecule has 0 fully saturated rings. The summed E-state index contributed by atoms with van der Waals surface area (Å²) in [6.07, 6.45) is 1.83. The summed E-state index contributed by atoms with van der Waals surface area (Å²) in [4.78, 5) is 8.32. The van der Waals surface area contributed by atoms with Crippen LogP contribution in [-0.2, 0) is 6.54 Å². The molecule has 4 N–H and O–H groups in total. The van der Waals surface area contributed by atoms with Crippen molar-refractivity contribution in [2.75, 3.05) is 17.0 Å². The second-order valence-electron chi connectivity index (χ2n) is 3.86. The summed E-state index contributed by atoms with van der Waals surface area (Å²) < 4.78 is 26.3. The zero-order valence-electron chi connectivity index (χ0n) is 10.7. The van der Waals surface area contributed by atoms with Crippen LogP contribution in [0.4, 0.5) is 20.4 Å². The lowest BCUT2D eigenvalue weighted by Crippen LogP contribution is -2.11. The molecule has 5 nitrogen and oxygen atoms in total. The van der Waals surface area contributed by atoms with Gasteiger partial charge < -0.3 is 10.7 Å². The molecule has 0 unspecified atom stereocenters. The third kappa shape index (κ3) is 3.55. The highest BCUT2D eigenvalue weighted by Gasteiger charge is 2.06. The number of nitrogen functional groups attached to an aromatic ring is 1. The lowest BCUT2D eigenvalue weighted by atomic mass is 10.2. The first-order valence-corrected chi connectivity index (χ1v) is 6.92. The Labute approximate surface area is 119 Å². The van der Waals surface area contributed by atoms with Gasteiger partial charge in [-0.25, -0.2) is 24.6 Å². The van der Waals surface area contributed by atoms with Crippen molar-refractivity contribution in [3.05, 3.63) is 41.5 Å². The molecule has 0 aliphatic rings. The van der Waals surface area contributed by atoms with Crippen molar-refractivity contribution in [1.82, 2.24) is 9.97 Å². The fourth-order valence-corrected chi connectivity index (χ4v) is 1.91. The molecule has 0 amide bonds. The minimum atomic E-state index is -0.604. The van der Waals surface area contributed by atoms with Crippen LogP contribution in [0.1, 0.15) is 5.56 Å². The van der Waals surface area contributed by atoms with Gasteiger partial charge in [0.05, 0.1) is 0 Å². The topological polar surface area (TPSA) is 75.9 Å². The highest BCUT2D eigenvalue weighted by Crippen LogP contribution is 2.18. The molecule has 1 aromatic heterocycles. The standard InChI is InChI=1S/C12H13F2N5S/c1-20-12-17-10(5-11(18-12)19-15)16-6-7-2-3-8(13)4-9(7)14/h2-5H,6,15H2,1H3,(H2,16,17,18,19). The molecule has 0 spiro atoms. The number of thioether (sulfide) groups is 1. The summed E-state index contributed by atoms with van der Waals surface area (Å²) in [5.41, 5.74) is 2.78. The first-order valence-electron chi connectivity index (χ1n) is 5.70. The van der Waals surface area contributed by atoms with Crippen molar-refractivity contribution >= 4 is 23.4 Å². The van der Waals surface area contributed by atoms with Crippen LogP contribution in [0.3, 0.4) is 0 Å². The Bertz CT molecular complexity index is 586. The van der Waals surface area contributed by atoms with E-state index in [0.29, 0.717) is 22.4 Å². The minimum Gasteiger partial charge on any atom is -0.366 e. The third-order valence-corrected chi connectivity index (χ3v) is 3.06. The summed E-state index contributed by atoms with van der Waals surface area (Å²) in [7, 11) is 0. The monoisotopic (exact) mass is 297 g/mol. The van der Waals surface area contributed by atoms with Gasteiger partial charge in [0.1, 0.15) is 23.3 Å². The molecule has 2 rings (SSSR count). The highest BCUT2D eigenvalue weighted by molar-refractivity contribution is 7.98. The van der Waals surface area contributed by atoms with Gasteiger partial charge in [-0.15, -0.1) is 0 Å². The molecule has 0 aliphatic carbocycles. The Morgan fingerprint density at radius 2 is 1.95 bits per heavy atom. The number of anilines is 2. The lowest BCUT2D eigenvalue weighted by Gasteiger charge is -2.09. The number of aromatic nitrogens is 2. The molecule has 106 valence electrons. The van der Waals surface area contributed by atoms with Gasteiger partial charge in [-0.1, -0.05) is 17.8 Å². The lowest BCUT2D eigenvalue weighted by molar-refractivity contribution is 0.574. The summed E-state index contributed by atoms with van der Waals surface area (Å²) >= 11 is 1.36. The van der Waals surface area contributed by atoms with E-state index in [1.807, 2.05) is 6.26 Å². The number of nitrogens with zero attached hydrogens (tertiary/aromatic N) is 2. The van der Waals surface area contributed by atoms with E-state index in [1.165, 1.54) is 23.9 Å². The summed E-state index contributed by atoms with van der Waals surface area (Å²) in [5, 5.41) is 3.48. The van der Waals surface area contributed by atoms with Crippen molar-refractivity contribution in [2.24, 2.45) is 5.84 Å². The molecule has 0 radical (unpaired) electrons. The van der Waals surface area contributed by atoms with E-state index in [2.05, 4.69) is 20.7 Å². The fraction of sp³-hybridized carbons (Fsp3) is 0.167. The number of hydrogen-bond donors (Lipinski definition) is 3. The summed E-state index contributed by atoms with van der Waals surface area (Å²) in [5.74, 6) is 5.06. The molecular weight excluding hydrogens is 284 g/mol. The van der Waals surface area contributed by atoms with Crippen molar-refractivity contribution < 1.29 is 8.78 Å². The molecule has 0 aliphatic heterocycles. The molecule has 1 aromatic carbocycles. The van der Waals surface area contributed by atoms with Crippen LogP contribution in [-0.4, -0.2) is 16.2 Å². The SMILES string of the molecule is CSc1nc(NN)cc(NCc2ccc(F)cc2F)n1. The maximum absolute atomic E-state index is 13.5. The fourth-order valence-electron chi connectivity index (χ4n) is 1.53. The summed E-state index contributed by atoms with van der Waals surface area (Å²) in [6, 6.07) is 5.04. The third-order valence-electron chi connectivity index (χ3n) is 2.51. The summed E-state index contributed by atoms with van der Waals surface area (Å²) in [6.45, 7) is 0.182. The maximum Gasteiger partial charge on any atom is 0.191 e. The number of halogens is 2.